The maximum atomic E-state index is 5.82. The van der Waals surface area contributed by atoms with Crippen molar-refractivity contribution < 1.29 is 0 Å². The quantitative estimate of drug-likeness (QED) is 0.855. The normalized spacial score (nSPS) is 23.6. The molecule has 0 bridgehead atoms. The summed E-state index contributed by atoms with van der Waals surface area (Å²) in [6.07, 6.45) is 5.46. The Bertz CT molecular complexity index is 542. The second-order valence-electron chi connectivity index (χ2n) is 5.34. The fraction of sp³-hybridized carbons (Fsp3) is 0.400. The second kappa shape index (κ2) is 4.11. The van der Waals surface area contributed by atoms with Gasteiger partial charge in [0, 0.05) is 17.6 Å². The van der Waals surface area contributed by atoms with Crippen LogP contribution in [0.25, 0.3) is 10.9 Å². The molecule has 88 valence electrons. The van der Waals surface area contributed by atoms with Crippen molar-refractivity contribution >= 4 is 10.9 Å². The Morgan fingerprint density at radius 1 is 1.29 bits per heavy atom. The number of fused-ring (bicyclic) bond motifs is 1. The molecular weight excluding hydrogens is 208 g/mol. The number of aryl methyl sites for hydroxylation is 1. The van der Waals surface area contributed by atoms with Crippen LogP contribution in [0.15, 0.2) is 30.5 Å². The monoisotopic (exact) mass is 226 g/mol. The summed E-state index contributed by atoms with van der Waals surface area (Å²) < 4.78 is 0. The van der Waals surface area contributed by atoms with Crippen molar-refractivity contribution in [1.82, 2.24) is 4.98 Å². The molecule has 2 N–H and O–H groups in total. The minimum absolute atomic E-state index is 0.448. The van der Waals surface area contributed by atoms with Gasteiger partial charge in [-0.25, -0.2) is 0 Å². The summed E-state index contributed by atoms with van der Waals surface area (Å²) in [7, 11) is 0. The van der Waals surface area contributed by atoms with E-state index in [1.807, 2.05) is 6.20 Å². The van der Waals surface area contributed by atoms with E-state index in [1.54, 1.807) is 0 Å². The summed E-state index contributed by atoms with van der Waals surface area (Å²) >= 11 is 0. The Kier molecular flexibility index (Phi) is 2.60. The summed E-state index contributed by atoms with van der Waals surface area (Å²) in [6, 6.07) is 9.26. The molecule has 3 rings (SSSR count). The molecule has 0 spiro atoms. The lowest BCUT2D eigenvalue weighted by molar-refractivity contribution is 0.264. The minimum atomic E-state index is 0.448. The molecule has 0 atom stereocenters. The Morgan fingerprint density at radius 3 is 2.88 bits per heavy atom. The van der Waals surface area contributed by atoms with Crippen molar-refractivity contribution in [2.75, 3.05) is 0 Å². The third-order valence-corrected chi connectivity index (χ3v) is 3.68. The molecule has 1 aromatic carbocycles. The first-order valence-corrected chi connectivity index (χ1v) is 6.31. The summed E-state index contributed by atoms with van der Waals surface area (Å²) in [4.78, 5) is 4.43. The van der Waals surface area contributed by atoms with Crippen LogP contribution in [-0.2, 0) is 6.42 Å². The molecule has 1 aromatic heterocycles. The largest absolute Gasteiger partial charge is 0.328 e. The summed E-state index contributed by atoms with van der Waals surface area (Å²) in [6.45, 7) is 2.09. The third-order valence-electron chi connectivity index (χ3n) is 3.68. The van der Waals surface area contributed by atoms with Gasteiger partial charge in [0.1, 0.15) is 0 Å². The average Bonchev–Trinajstić information content (AvgIpc) is 2.26. The van der Waals surface area contributed by atoms with E-state index in [4.69, 9.17) is 5.73 Å². The molecule has 1 aliphatic rings. The molecule has 0 radical (unpaired) electrons. The van der Waals surface area contributed by atoms with Crippen LogP contribution in [-0.4, -0.2) is 11.0 Å². The molecule has 1 aliphatic carbocycles. The van der Waals surface area contributed by atoms with Crippen molar-refractivity contribution in [3.05, 3.63) is 41.6 Å². The first-order chi connectivity index (χ1) is 8.20. The molecule has 2 heteroatoms. The lowest BCUT2D eigenvalue weighted by atomic mass is 9.77. The number of pyridine rings is 1. The van der Waals surface area contributed by atoms with E-state index in [2.05, 4.69) is 36.2 Å². The van der Waals surface area contributed by atoms with Crippen LogP contribution in [0.5, 0.6) is 0 Å². The van der Waals surface area contributed by atoms with Gasteiger partial charge in [0.15, 0.2) is 0 Å². The van der Waals surface area contributed by atoms with Crippen LogP contribution in [0.3, 0.4) is 0 Å². The van der Waals surface area contributed by atoms with Gasteiger partial charge in [0.05, 0.1) is 5.52 Å². The molecule has 2 nitrogen and oxygen atoms in total. The van der Waals surface area contributed by atoms with Gasteiger partial charge in [-0.05, 0) is 61.4 Å². The van der Waals surface area contributed by atoms with Crippen molar-refractivity contribution in [2.45, 2.75) is 32.2 Å². The maximum absolute atomic E-state index is 5.82. The number of hydrogen-bond acceptors (Lipinski definition) is 2. The SMILES string of the molecule is Cc1cnc2ccc(CC3CC(N)C3)cc2c1. The van der Waals surface area contributed by atoms with Crippen molar-refractivity contribution in [1.29, 1.82) is 0 Å². The molecule has 1 fully saturated rings. The Balaban J connectivity index is 1.85. The maximum Gasteiger partial charge on any atom is 0.0702 e. The lowest BCUT2D eigenvalue weighted by Crippen LogP contribution is -2.37. The highest BCUT2D eigenvalue weighted by Gasteiger charge is 2.25. The molecule has 17 heavy (non-hydrogen) atoms. The molecule has 0 saturated heterocycles. The van der Waals surface area contributed by atoms with Crippen molar-refractivity contribution in [2.24, 2.45) is 11.7 Å². The molecule has 1 heterocycles. The number of aromatic nitrogens is 1. The zero-order valence-electron chi connectivity index (χ0n) is 10.2. The van der Waals surface area contributed by atoms with Gasteiger partial charge < -0.3 is 5.73 Å². The van der Waals surface area contributed by atoms with Gasteiger partial charge in [-0.2, -0.15) is 0 Å². The summed E-state index contributed by atoms with van der Waals surface area (Å²) in [5, 5.41) is 1.26. The number of hydrogen-bond donors (Lipinski definition) is 1. The van der Waals surface area contributed by atoms with Gasteiger partial charge in [-0.1, -0.05) is 6.07 Å². The topological polar surface area (TPSA) is 38.9 Å². The third kappa shape index (κ3) is 2.18. The van der Waals surface area contributed by atoms with Gasteiger partial charge in [-0.3, -0.25) is 4.98 Å². The smallest absolute Gasteiger partial charge is 0.0702 e. The van der Waals surface area contributed by atoms with Crippen LogP contribution in [0.2, 0.25) is 0 Å². The van der Waals surface area contributed by atoms with E-state index >= 15 is 0 Å². The second-order valence-corrected chi connectivity index (χ2v) is 5.34. The first kappa shape index (κ1) is 10.7. The molecule has 0 amide bonds. The Labute approximate surface area is 102 Å². The highest BCUT2D eigenvalue weighted by molar-refractivity contribution is 5.79. The van der Waals surface area contributed by atoms with Crippen molar-refractivity contribution in [3.8, 4) is 0 Å². The van der Waals surface area contributed by atoms with Crippen LogP contribution < -0.4 is 5.73 Å². The molecule has 1 saturated carbocycles. The van der Waals surface area contributed by atoms with Crippen LogP contribution in [0.4, 0.5) is 0 Å². The minimum Gasteiger partial charge on any atom is -0.328 e. The standard InChI is InChI=1S/C15H18N2/c1-10-4-13-6-11(2-3-15(13)17-9-10)5-12-7-14(16)8-12/h2-4,6,9,12,14H,5,7-8,16H2,1H3. The number of nitrogens with two attached hydrogens (primary N) is 1. The fourth-order valence-corrected chi connectivity index (χ4v) is 2.71. The lowest BCUT2D eigenvalue weighted by Gasteiger charge is -2.32. The van der Waals surface area contributed by atoms with Crippen LogP contribution in [0, 0.1) is 12.8 Å². The van der Waals surface area contributed by atoms with E-state index in [0.29, 0.717) is 6.04 Å². The van der Waals surface area contributed by atoms with E-state index in [1.165, 1.54) is 29.4 Å². The van der Waals surface area contributed by atoms with Crippen LogP contribution in [0.1, 0.15) is 24.0 Å². The number of rotatable bonds is 2. The van der Waals surface area contributed by atoms with Gasteiger partial charge in [-0.15, -0.1) is 0 Å². The average molecular weight is 226 g/mol. The van der Waals surface area contributed by atoms with Gasteiger partial charge in [0.2, 0.25) is 0 Å². The van der Waals surface area contributed by atoms with E-state index in [9.17, 15) is 0 Å². The van der Waals surface area contributed by atoms with Gasteiger partial charge in [0.25, 0.3) is 0 Å². The van der Waals surface area contributed by atoms with Gasteiger partial charge >= 0.3 is 0 Å². The van der Waals surface area contributed by atoms with Crippen LogP contribution >= 0.6 is 0 Å². The highest BCUT2D eigenvalue weighted by Crippen LogP contribution is 2.29. The molecule has 0 unspecified atom stereocenters. The number of benzene rings is 1. The summed E-state index contributed by atoms with van der Waals surface area (Å²) in [5.41, 5.74) is 9.55. The summed E-state index contributed by atoms with van der Waals surface area (Å²) in [5.74, 6) is 0.792. The predicted molar refractivity (Wildman–Crippen MR) is 70.9 cm³/mol. The zero-order chi connectivity index (χ0) is 11.8. The van der Waals surface area contributed by atoms with Crippen molar-refractivity contribution in [3.63, 3.8) is 0 Å². The zero-order valence-corrected chi connectivity index (χ0v) is 10.2. The Hall–Kier alpha value is -1.41. The molecule has 0 aliphatic heterocycles. The predicted octanol–water partition coefficient (Wildman–Crippen LogP) is 2.82. The molecular formula is C15H18N2. The van der Waals surface area contributed by atoms with E-state index < -0.39 is 0 Å². The fourth-order valence-electron chi connectivity index (χ4n) is 2.71. The Morgan fingerprint density at radius 2 is 2.12 bits per heavy atom. The number of nitrogens with zero attached hydrogens (tertiary/aromatic N) is 1. The highest BCUT2D eigenvalue weighted by atomic mass is 14.7. The van der Waals surface area contributed by atoms with E-state index in [-0.39, 0.29) is 0 Å². The molecule has 2 aromatic rings. The first-order valence-electron chi connectivity index (χ1n) is 6.31. The van der Waals surface area contributed by atoms with E-state index in [0.717, 1.165) is 17.9 Å².